The van der Waals surface area contributed by atoms with E-state index in [1.165, 1.54) is 33.5 Å². The summed E-state index contributed by atoms with van der Waals surface area (Å²) >= 11 is 0. The molecule has 0 fully saturated rings. The van der Waals surface area contributed by atoms with E-state index in [1.807, 2.05) is 6.92 Å². The van der Waals surface area contributed by atoms with Gasteiger partial charge in [-0.1, -0.05) is 0 Å². The Morgan fingerprint density at radius 1 is 0.926 bits per heavy atom. The lowest BCUT2D eigenvalue weighted by molar-refractivity contribution is 0.100. The number of carbonyl (C=O) groups is 2. The quantitative estimate of drug-likeness (QED) is 0.735. The van der Waals surface area contributed by atoms with Gasteiger partial charge in [0.25, 0.3) is 11.8 Å². The largest absolute Gasteiger partial charge is 0.493 e. The summed E-state index contributed by atoms with van der Waals surface area (Å²) in [6.45, 7) is 2.25. The van der Waals surface area contributed by atoms with Crippen molar-refractivity contribution in [1.82, 2.24) is 0 Å². The molecule has 8 nitrogen and oxygen atoms in total. The van der Waals surface area contributed by atoms with Crippen molar-refractivity contribution in [3.05, 3.63) is 41.5 Å². The van der Waals surface area contributed by atoms with Crippen LogP contribution in [0.25, 0.3) is 0 Å². The van der Waals surface area contributed by atoms with Crippen molar-refractivity contribution in [3.63, 3.8) is 0 Å². The minimum Gasteiger partial charge on any atom is -0.493 e. The molecule has 2 rings (SSSR count). The Bertz CT molecular complexity index is 850. The Balaban J connectivity index is 2.40. The summed E-state index contributed by atoms with van der Waals surface area (Å²) in [6, 6.07) is 7.66. The van der Waals surface area contributed by atoms with E-state index in [1.54, 1.807) is 18.2 Å². The molecule has 0 aliphatic carbocycles. The fraction of sp³-hybridized carbons (Fsp3) is 0.263. The van der Waals surface area contributed by atoms with Gasteiger partial charge in [0.2, 0.25) is 0 Å². The number of carbonyl (C=O) groups excluding carboxylic acids is 2. The molecule has 0 saturated carbocycles. The van der Waals surface area contributed by atoms with Crippen LogP contribution in [0.15, 0.2) is 30.3 Å². The first-order valence-electron chi connectivity index (χ1n) is 8.13. The Labute approximate surface area is 157 Å². The third kappa shape index (κ3) is 4.41. The summed E-state index contributed by atoms with van der Waals surface area (Å²) in [5, 5.41) is 2.67. The molecule has 2 amide bonds. The third-order valence-electron chi connectivity index (χ3n) is 3.76. The molecular weight excluding hydrogens is 352 g/mol. The number of anilines is 1. The van der Waals surface area contributed by atoms with Crippen LogP contribution in [0.1, 0.15) is 27.6 Å². The summed E-state index contributed by atoms with van der Waals surface area (Å²) in [7, 11) is 4.40. The minimum atomic E-state index is -0.712. The Hall–Kier alpha value is -3.42. The number of ether oxygens (including phenoxy) is 4. The zero-order valence-electron chi connectivity index (χ0n) is 15.6. The van der Waals surface area contributed by atoms with Crippen molar-refractivity contribution in [3.8, 4) is 23.0 Å². The van der Waals surface area contributed by atoms with E-state index in [9.17, 15) is 9.59 Å². The van der Waals surface area contributed by atoms with Crippen molar-refractivity contribution in [2.24, 2.45) is 5.73 Å². The predicted octanol–water partition coefficient (Wildman–Crippen LogP) is 2.46. The fourth-order valence-electron chi connectivity index (χ4n) is 2.47. The van der Waals surface area contributed by atoms with Crippen molar-refractivity contribution < 1.29 is 28.5 Å². The molecule has 27 heavy (non-hydrogen) atoms. The number of nitrogens with two attached hydrogens (primary N) is 1. The van der Waals surface area contributed by atoms with Gasteiger partial charge in [-0.3, -0.25) is 9.59 Å². The zero-order valence-corrected chi connectivity index (χ0v) is 15.6. The van der Waals surface area contributed by atoms with Gasteiger partial charge in [-0.2, -0.15) is 0 Å². The van der Waals surface area contributed by atoms with Crippen molar-refractivity contribution in [2.45, 2.75) is 6.92 Å². The standard InChI is InChI=1S/C19H22N2O6/c1-5-27-17-8-11(6-7-14(17)24-2)19(23)21-13-10-16(26-4)15(25-3)9-12(13)18(20)22/h6-10H,5H2,1-4H3,(H2,20,22)(H,21,23). The van der Waals surface area contributed by atoms with Gasteiger partial charge in [-0.15, -0.1) is 0 Å². The summed E-state index contributed by atoms with van der Waals surface area (Å²) in [4.78, 5) is 24.4. The van der Waals surface area contributed by atoms with Gasteiger partial charge in [-0.05, 0) is 31.2 Å². The van der Waals surface area contributed by atoms with Gasteiger partial charge in [0, 0.05) is 11.6 Å². The summed E-state index contributed by atoms with van der Waals surface area (Å²) in [5.74, 6) is 0.464. The normalized spacial score (nSPS) is 10.1. The smallest absolute Gasteiger partial charge is 0.255 e. The first kappa shape index (κ1) is 19.9. The molecule has 3 N–H and O–H groups in total. The van der Waals surface area contributed by atoms with Crippen LogP contribution in [0.5, 0.6) is 23.0 Å². The second kappa shape index (κ2) is 8.79. The van der Waals surface area contributed by atoms with Crippen LogP contribution in [-0.4, -0.2) is 39.8 Å². The number of hydrogen-bond donors (Lipinski definition) is 2. The van der Waals surface area contributed by atoms with E-state index < -0.39 is 11.8 Å². The van der Waals surface area contributed by atoms with E-state index in [-0.39, 0.29) is 11.3 Å². The molecule has 0 saturated heterocycles. The van der Waals surface area contributed by atoms with Crippen LogP contribution < -0.4 is 30.0 Å². The average Bonchev–Trinajstić information content (AvgIpc) is 2.67. The molecule has 2 aromatic carbocycles. The molecular formula is C19H22N2O6. The minimum absolute atomic E-state index is 0.0968. The number of rotatable bonds is 8. The van der Waals surface area contributed by atoms with Crippen molar-refractivity contribution >= 4 is 17.5 Å². The molecule has 0 atom stereocenters. The van der Waals surface area contributed by atoms with Gasteiger partial charge >= 0.3 is 0 Å². The molecule has 0 unspecified atom stereocenters. The maximum absolute atomic E-state index is 12.7. The Kier molecular flexibility index (Phi) is 6.48. The average molecular weight is 374 g/mol. The number of nitrogens with one attached hydrogen (secondary N) is 1. The van der Waals surface area contributed by atoms with Crippen molar-refractivity contribution in [1.29, 1.82) is 0 Å². The number of amides is 2. The fourth-order valence-corrected chi connectivity index (χ4v) is 2.47. The van der Waals surface area contributed by atoms with Crippen LogP contribution in [0.3, 0.4) is 0 Å². The molecule has 0 bridgehead atoms. The molecule has 144 valence electrons. The maximum atomic E-state index is 12.7. The Morgan fingerprint density at radius 2 is 1.56 bits per heavy atom. The number of benzene rings is 2. The Morgan fingerprint density at radius 3 is 2.11 bits per heavy atom. The molecule has 0 heterocycles. The molecule has 8 heteroatoms. The van der Waals surface area contributed by atoms with Gasteiger partial charge in [0.1, 0.15) is 0 Å². The van der Waals surface area contributed by atoms with Gasteiger partial charge in [0.15, 0.2) is 23.0 Å². The second-order valence-corrected chi connectivity index (χ2v) is 5.37. The van der Waals surface area contributed by atoms with Crippen LogP contribution >= 0.6 is 0 Å². The highest BCUT2D eigenvalue weighted by molar-refractivity contribution is 6.09. The van der Waals surface area contributed by atoms with E-state index in [0.29, 0.717) is 35.2 Å². The summed E-state index contributed by atoms with van der Waals surface area (Å²) < 4.78 is 21.1. The lowest BCUT2D eigenvalue weighted by Gasteiger charge is -2.15. The first-order valence-corrected chi connectivity index (χ1v) is 8.13. The third-order valence-corrected chi connectivity index (χ3v) is 3.76. The molecule has 0 aromatic heterocycles. The number of primary amides is 1. The van der Waals surface area contributed by atoms with Gasteiger partial charge < -0.3 is 30.0 Å². The van der Waals surface area contributed by atoms with E-state index in [0.717, 1.165) is 0 Å². The summed E-state index contributed by atoms with van der Waals surface area (Å²) in [6.07, 6.45) is 0. The molecule has 0 spiro atoms. The van der Waals surface area contributed by atoms with E-state index in [4.69, 9.17) is 24.7 Å². The number of hydrogen-bond acceptors (Lipinski definition) is 6. The zero-order chi connectivity index (χ0) is 20.0. The highest BCUT2D eigenvalue weighted by Crippen LogP contribution is 2.34. The maximum Gasteiger partial charge on any atom is 0.255 e. The molecule has 2 aromatic rings. The second-order valence-electron chi connectivity index (χ2n) is 5.37. The number of methoxy groups -OCH3 is 3. The summed E-state index contributed by atoms with van der Waals surface area (Å²) in [5.41, 5.74) is 6.05. The molecule has 0 aliphatic heterocycles. The van der Waals surface area contributed by atoms with Crippen LogP contribution in [0, 0.1) is 0 Å². The monoisotopic (exact) mass is 374 g/mol. The molecule has 0 radical (unpaired) electrons. The highest BCUT2D eigenvalue weighted by Gasteiger charge is 2.18. The van der Waals surface area contributed by atoms with E-state index >= 15 is 0 Å². The van der Waals surface area contributed by atoms with Crippen molar-refractivity contribution in [2.75, 3.05) is 33.3 Å². The van der Waals surface area contributed by atoms with Gasteiger partial charge in [0.05, 0.1) is 39.2 Å². The highest BCUT2D eigenvalue weighted by atomic mass is 16.5. The SMILES string of the molecule is CCOc1cc(C(=O)Nc2cc(OC)c(OC)cc2C(N)=O)ccc1OC. The first-order chi connectivity index (χ1) is 12.9. The lowest BCUT2D eigenvalue weighted by Crippen LogP contribution is -2.19. The lowest BCUT2D eigenvalue weighted by atomic mass is 10.1. The predicted molar refractivity (Wildman–Crippen MR) is 100 cm³/mol. The van der Waals surface area contributed by atoms with Crippen LogP contribution in [0.2, 0.25) is 0 Å². The molecule has 0 aliphatic rings. The topological polar surface area (TPSA) is 109 Å². The van der Waals surface area contributed by atoms with Gasteiger partial charge in [-0.25, -0.2) is 0 Å². The van der Waals surface area contributed by atoms with Crippen LogP contribution in [-0.2, 0) is 0 Å². The van der Waals surface area contributed by atoms with E-state index in [2.05, 4.69) is 5.32 Å². The van der Waals surface area contributed by atoms with Crippen LogP contribution in [0.4, 0.5) is 5.69 Å².